The second kappa shape index (κ2) is 38.3. The molecule has 314 valence electrons. The molecule has 55 heavy (non-hydrogen) atoms. The van der Waals surface area contributed by atoms with Crippen LogP contribution in [0.25, 0.3) is 0 Å². The van der Waals surface area contributed by atoms with Crippen molar-refractivity contribution in [3.05, 3.63) is 97.2 Å². The van der Waals surface area contributed by atoms with Crippen LogP contribution in [0, 0.1) is 0 Å². The van der Waals surface area contributed by atoms with Crippen molar-refractivity contribution in [1.82, 2.24) is 0 Å². The number of quaternary nitrogens is 1. The number of rotatable bonds is 37. The topological polar surface area (TPSA) is 94.1 Å². The Hall–Kier alpha value is -2.58. The zero-order valence-corrected chi connectivity index (χ0v) is 36.2. The smallest absolute Gasteiger partial charge is 0.306 e. The Morgan fingerprint density at radius 3 is 1.49 bits per heavy atom. The average molecular weight is 788 g/mol. The van der Waals surface area contributed by atoms with Crippen LogP contribution < -0.4 is 4.89 Å². The Bertz CT molecular complexity index is 1190. The molecular weight excluding hydrogens is 709 g/mol. The van der Waals surface area contributed by atoms with Gasteiger partial charge in [-0.3, -0.25) is 9.36 Å². The van der Waals surface area contributed by atoms with E-state index in [0.29, 0.717) is 17.6 Å². The zero-order chi connectivity index (χ0) is 40.6. The third-order valence-corrected chi connectivity index (χ3v) is 9.09. The highest BCUT2D eigenvalue weighted by atomic mass is 31.2. The van der Waals surface area contributed by atoms with Crippen LogP contribution in [0.15, 0.2) is 97.2 Å². The summed E-state index contributed by atoms with van der Waals surface area (Å²) < 4.78 is 34.5. The van der Waals surface area contributed by atoms with Crippen molar-refractivity contribution in [1.29, 1.82) is 0 Å². The number of allylic oxidation sites excluding steroid dienone is 16. The Labute approximate surface area is 337 Å². The molecule has 0 bridgehead atoms. The van der Waals surface area contributed by atoms with Gasteiger partial charge >= 0.3 is 5.97 Å². The summed E-state index contributed by atoms with van der Waals surface area (Å²) in [6.45, 7) is 5.01. The van der Waals surface area contributed by atoms with Crippen LogP contribution in [0.5, 0.6) is 0 Å². The summed E-state index contributed by atoms with van der Waals surface area (Å²) in [5.74, 6) is -0.372. The summed E-state index contributed by atoms with van der Waals surface area (Å²) in [6, 6.07) is 0. The number of esters is 1. The Morgan fingerprint density at radius 2 is 1.00 bits per heavy atom. The van der Waals surface area contributed by atoms with E-state index in [0.717, 1.165) is 109 Å². The molecule has 0 spiro atoms. The predicted molar refractivity (Wildman–Crippen MR) is 231 cm³/mol. The van der Waals surface area contributed by atoms with Gasteiger partial charge in [-0.25, -0.2) is 0 Å². The maximum atomic E-state index is 12.7. The number of carbonyl (C=O) groups excluding carboxylic acids is 1. The average Bonchev–Trinajstić information content (AvgIpc) is 3.13. The van der Waals surface area contributed by atoms with Crippen molar-refractivity contribution < 1.29 is 37.3 Å². The number of hydrogen-bond donors (Lipinski definition) is 0. The minimum atomic E-state index is -4.55. The third-order valence-electron chi connectivity index (χ3n) is 8.13. The lowest BCUT2D eigenvalue weighted by molar-refractivity contribution is -0.870. The van der Waals surface area contributed by atoms with Gasteiger partial charge in [0.25, 0.3) is 7.82 Å². The maximum Gasteiger partial charge on any atom is 0.306 e. The van der Waals surface area contributed by atoms with E-state index in [4.69, 9.17) is 18.5 Å². The van der Waals surface area contributed by atoms with Gasteiger partial charge < -0.3 is 27.9 Å². The summed E-state index contributed by atoms with van der Waals surface area (Å²) >= 11 is 0. The van der Waals surface area contributed by atoms with E-state index < -0.39 is 13.9 Å². The zero-order valence-electron chi connectivity index (χ0n) is 35.3. The van der Waals surface area contributed by atoms with Crippen molar-refractivity contribution in [2.75, 3.05) is 54.1 Å². The van der Waals surface area contributed by atoms with Crippen LogP contribution in [0.3, 0.4) is 0 Å². The molecule has 0 N–H and O–H groups in total. The fraction of sp³-hybridized carbons (Fsp3) is 0.630. The normalized spacial score (nSPS) is 14.8. The van der Waals surface area contributed by atoms with E-state index >= 15 is 0 Å². The Balaban J connectivity index is 4.40. The molecule has 0 amide bonds. The molecule has 2 unspecified atom stereocenters. The van der Waals surface area contributed by atoms with Gasteiger partial charge in [0.1, 0.15) is 19.3 Å². The number of likely N-dealkylation sites (N-methyl/N-ethyl adjacent to an activating group) is 1. The number of unbranched alkanes of at least 4 members (excludes halogenated alkanes) is 7. The van der Waals surface area contributed by atoms with Crippen LogP contribution in [0.4, 0.5) is 0 Å². The summed E-state index contributed by atoms with van der Waals surface area (Å²) in [5, 5.41) is 0. The van der Waals surface area contributed by atoms with E-state index in [1.165, 1.54) is 0 Å². The molecule has 0 saturated carbocycles. The number of carbonyl (C=O) groups is 1. The number of ether oxygens (including phenoxy) is 2. The summed E-state index contributed by atoms with van der Waals surface area (Å²) in [6.07, 6.45) is 51.4. The van der Waals surface area contributed by atoms with E-state index in [1.807, 2.05) is 21.1 Å². The van der Waals surface area contributed by atoms with Crippen molar-refractivity contribution in [2.45, 2.75) is 136 Å². The molecule has 0 aromatic carbocycles. The second-order valence-corrected chi connectivity index (χ2v) is 16.0. The highest BCUT2D eigenvalue weighted by molar-refractivity contribution is 7.45. The molecule has 0 saturated heterocycles. The first-order chi connectivity index (χ1) is 26.6. The lowest BCUT2D eigenvalue weighted by atomic mass is 10.1. The number of phosphoric acid groups is 1. The second-order valence-electron chi connectivity index (χ2n) is 14.6. The molecule has 0 aliphatic heterocycles. The predicted octanol–water partition coefficient (Wildman–Crippen LogP) is 11.6. The van der Waals surface area contributed by atoms with Gasteiger partial charge in [-0.05, 0) is 89.9 Å². The molecular formula is C46H78NO7P. The van der Waals surface area contributed by atoms with E-state index in [1.54, 1.807) is 0 Å². The van der Waals surface area contributed by atoms with E-state index in [9.17, 15) is 14.3 Å². The molecule has 0 aliphatic carbocycles. The summed E-state index contributed by atoms with van der Waals surface area (Å²) in [4.78, 5) is 25.0. The highest BCUT2D eigenvalue weighted by Gasteiger charge is 2.20. The standard InChI is InChI=1S/C46H78NO7P/c1-6-8-10-12-14-16-18-20-22-23-24-26-28-30-32-34-36-38-41-51-43-45(44-53-55(49,50)52-42-40-47(3,4)5)54-46(48)39-37-35-33-31-29-27-25-21-19-17-15-13-11-9-7-2/h8-11,14-17,20-22,24-26,30,32,45H,6-7,12-13,18-19,23,27-29,31,33-44H2,1-5H3/b10-8-,11-9-,16-14-,17-15-,22-20-,25-21-,26-24-,32-30-. The molecule has 0 aromatic heterocycles. The van der Waals surface area contributed by atoms with Crippen LogP contribution in [0.2, 0.25) is 0 Å². The SMILES string of the molecule is CC/C=C\C/C=C\C/C=C\C/C=C\C/C=C\CCCCOCC(COP(=O)([O-])OCC[N+](C)(C)C)OC(=O)CCCCCCC/C=C\C/C=C\C/C=C\CC. The van der Waals surface area contributed by atoms with Crippen LogP contribution >= 0.6 is 7.82 Å². The van der Waals surface area contributed by atoms with Gasteiger partial charge in [-0.2, -0.15) is 0 Å². The summed E-state index contributed by atoms with van der Waals surface area (Å²) in [7, 11) is 1.29. The minimum absolute atomic E-state index is 0.00789. The van der Waals surface area contributed by atoms with Gasteiger partial charge in [0.05, 0.1) is 34.4 Å². The molecule has 2 atom stereocenters. The van der Waals surface area contributed by atoms with Crippen molar-refractivity contribution in [2.24, 2.45) is 0 Å². The fourth-order valence-electron chi connectivity index (χ4n) is 4.94. The first-order valence-electron chi connectivity index (χ1n) is 21.0. The number of hydrogen-bond acceptors (Lipinski definition) is 7. The monoisotopic (exact) mass is 788 g/mol. The molecule has 0 fully saturated rings. The lowest BCUT2D eigenvalue weighted by Gasteiger charge is -2.28. The van der Waals surface area contributed by atoms with E-state index in [-0.39, 0.29) is 32.2 Å². The van der Waals surface area contributed by atoms with Crippen molar-refractivity contribution >= 4 is 13.8 Å². The molecule has 0 rings (SSSR count). The van der Waals surface area contributed by atoms with Crippen molar-refractivity contribution in [3.8, 4) is 0 Å². The Kier molecular flexibility index (Phi) is 36.5. The highest BCUT2D eigenvalue weighted by Crippen LogP contribution is 2.38. The van der Waals surface area contributed by atoms with E-state index in [2.05, 4.69) is 111 Å². The molecule has 9 heteroatoms. The number of phosphoric ester groups is 1. The van der Waals surface area contributed by atoms with Gasteiger partial charge in [-0.1, -0.05) is 130 Å². The van der Waals surface area contributed by atoms with Crippen LogP contribution in [-0.2, 0) is 27.9 Å². The first-order valence-corrected chi connectivity index (χ1v) is 22.4. The molecule has 0 aromatic rings. The van der Waals surface area contributed by atoms with Crippen molar-refractivity contribution in [3.63, 3.8) is 0 Å². The molecule has 0 heterocycles. The molecule has 0 aliphatic rings. The maximum absolute atomic E-state index is 12.7. The quantitative estimate of drug-likeness (QED) is 0.0203. The largest absolute Gasteiger partial charge is 0.756 e. The van der Waals surface area contributed by atoms with Gasteiger partial charge in [0, 0.05) is 13.0 Å². The molecule has 8 nitrogen and oxygen atoms in total. The third kappa shape index (κ3) is 42.4. The van der Waals surface area contributed by atoms with Crippen LogP contribution in [0.1, 0.15) is 129 Å². The lowest BCUT2D eigenvalue weighted by Crippen LogP contribution is -2.37. The first kappa shape index (κ1) is 52.4. The van der Waals surface area contributed by atoms with Crippen LogP contribution in [-0.4, -0.2) is 70.7 Å². The minimum Gasteiger partial charge on any atom is -0.756 e. The van der Waals surface area contributed by atoms with Gasteiger partial charge in [0.2, 0.25) is 0 Å². The summed E-state index contributed by atoms with van der Waals surface area (Å²) in [5.41, 5.74) is 0. The molecule has 0 radical (unpaired) electrons. The number of nitrogens with zero attached hydrogens (tertiary/aromatic N) is 1. The van der Waals surface area contributed by atoms with Gasteiger partial charge in [-0.15, -0.1) is 0 Å². The fourth-order valence-corrected chi connectivity index (χ4v) is 5.67. The Morgan fingerprint density at radius 1 is 0.564 bits per heavy atom. The van der Waals surface area contributed by atoms with Gasteiger partial charge in [0.15, 0.2) is 0 Å².